The SMILES string of the molecule is CCCC.CCCC.CCS(=O)(=O)OS(=O)(=O)CC. The minimum absolute atomic E-state index is 0.341. The van der Waals surface area contributed by atoms with Crippen LogP contribution < -0.4 is 0 Å². The summed E-state index contributed by atoms with van der Waals surface area (Å²) in [6, 6.07) is 0. The molecule has 0 radical (unpaired) electrons. The van der Waals surface area contributed by atoms with Gasteiger partial charge in [-0.15, -0.1) is 3.63 Å². The van der Waals surface area contributed by atoms with Crippen molar-refractivity contribution in [1.29, 1.82) is 0 Å². The van der Waals surface area contributed by atoms with Gasteiger partial charge in [-0.1, -0.05) is 53.4 Å². The van der Waals surface area contributed by atoms with Gasteiger partial charge in [0.1, 0.15) is 0 Å². The Kier molecular flexibility index (Phi) is 18.0. The van der Waals surface area contributed by atoms with E-state index >= 15 is 0 Å². The summed E-state index contributed by atoms with van der Waals surface area (Å²) in [6.07, 6.45) is 5.28. The van der Waals surface area contributed by atoms with Crippen molar-refractivity contribution >= 4 is 20.2 Å². The van der Waals surface area contributed by atoms with E-state index in [9.17, 15) is 16.8 Å². The second kappa shape index (κ2) is 14.3. The maximum absolute atomic E-state index is 10.6. The van der Waals surface area contributed by atoms with Crippen LogP contribution in [0.3, 0.4) is 0 Å². The molecule has 0 aliphatic heterocycles. The molecule has 0 aliphatic carbocycles. The van der Waals surface area contributed by atoms with Crippen LogP contribution in [-0.4, -0.2) is 28.3 Å². The summed E-state index contributed by atoms with van der Waals surface area (Å²) in [5, 5.41) is 0. The standard InChI is InChI=1S/C4H10O5S2.2C4H10/c1-3-10(5,6)9-11(7,8)4-2;2*1-3-4-2/h3-4H2,1-2H3;2*3-4H2,1-2H3. The summed E-state index contributed by atoms with van der Waals surface area (Å²) < 4.78 is 46.2. The lowest BCUT2D eigenvalue weighted by atomic mass is 10.4. The Morgan fingerprint density at radius 2 is 0.789 bits per heavy atom. The zero-order valence-corrected chi connectivity index (χ0v) is 14.7. The smallest absolute Gasteiger partial charge is 0.198 e. The summed E-state index contributed by atoms with van der Waals surface area (Å²) in [4.78, 5) is 0. The third-order valence-corrected chi connectivity index (χ3v) is 4.99. The Hall–Kier alpha value is -0.140. The average molecular weight is 319 g/mol. The summed E-state index contributed by atoms with van der Waals surface area (Å²) in [7, 11) is -7.75. The summed E-state index contributed by atoms with van der Waals surface area (Å²) in [5.41, 5.74) is 0. The minimum atomic E-state index is -3.88. The molecule has 0 unspecified atom stereocenters. The molecular formula is C12H30O5S2. The van der Waals surface area contributed by atoms with E-state index < -0.39 is 20.2 Å². The van der Waals surface area contributed by atoms with Gasteiger partial charge >= 0.3 is 0 Å². The molecule has 0 fully saturated rings. The van der Waals surface area contributed by atoms with Crippen LogP contribution in [0.15, 0.2) is 0 Å². The second-order valence-corrected chi connectivity index (χ2v) is 7.69. The lowest BCUT2D eigenvalue weighted by Gasteiger charge is -2.00. The van der Waals surface area contributed by atoms with Crippen LogP contribution >= 0.6 is 0 Å². The molecule has 0 spiro atoms. The summed E-state index contributed by atoms with van der Waals surface area (Å²) in [5.74, 6) is -0.682. The number of unbranched alkanes of at least 4 members (excludes halogenated alkanes) is 2. The van der Waals surface area contributed by atoms with Crippen molar-refractivity contribution in [2.75, 3.05) is 11.5 Å². The van der Waals surface area contributed by atoms with Gasteiger partial charge in [0.25, 0.3) is 20.2 Å². The van der Waals surface area contributed by atoms with Gasteiger partial charge in [-0.2, -0.15) is 16.8 Å². The van der Waals surface area contributed by atoms with Crippen molar-refractivity contribution in [2.24, 2.45) is 0 Å². The van der Waals surface area contributed by atoms with E-state index in [-0.39, 0.29) is 11.5 Å². The van der Waals surface area contributed by atoms with Crippen molar-refractivity contribution in [3.63, 3.8) is 0 Å². The van der Waals surface area contributed by atoms with Crippen LogP contribution in [0.25, 0.3) is 0 Å². The Bertz CT molecular complexity index is 318. The minimum Gasteiger partial charge on any atom is -0.198 e. The van der Waals surface area contributed by atoms with Crippen LogP contribution in [0.4, 0.5) is 0 Å². The molecule has 5 nitrogen and oxygen atoms in total. The van der Waals surface area contributed by atoms with Crippen molar-refractivity contribution < 1.29 is 20.5 Å². The maximum atomic E-state index is 10.6. The van der Waals surface area contributed by atoms with E-state index in [0.717, 1.165) is 0 Å². The van der Waals surface area contributed by atoms with Crippen molar-refractivity contribution in [3.8, 4) is 0 Å². The van der Waals surface area contributed by atoms with Crippen molar-refractivity contribution in [2.45, 2.75) is 67.2 Å². The zero-order chi connectivity index (χ0) is 15.9. The predicted octanol–water partition coefficient (Wildman–Crippen LogP) is 3.32. The van der Waals surface area contributed by atoms with E-state index in [1.165, 1.54) is 39.5 Å². The topological polar surface area (TPSA) is 77.5 Å². The average Bonchev–Trinajstić information content (AvgIpc) is 2.38. The first-order valence-corrected chi connectivity index (χ1v) is 9.97. The molecule has 7 heteroatoms. The van der Waals surface area contributed by atoms with Gasteiger partial charge in [-0.3, -0.25) is 0 Å². The largest absolute Gasteiger partial charge is 0.281 e. The van der Waals surface area contributed by atoms with Crippen LogP contribution in [-0.2, 0) is 23.9 Å². The van der Waals surface area contributed by atoms with Gasteiger partial charge in [0.2, 0.25) is 0 Å². The van der Waals surface area contributed by atoms with E-state index in [0.29, 0.717) is 0 Å². The molecule has 0 aromatic carbocycles. The van der Waals surface area contributed by atoms with E-state index in [1.54, 1.807) is 0 Å². The van der Waals surface area contributed by atoms with E-state index in [4.69, 9.17) is 0 Å². The molecule has 0 aliphatic rings. The highest BCUT2D eigenvalue weighted by molar-refractivity contribution is 7.99. The fraction of sp³-hybridized carbons (Fsp3) is 1.00. The van der Waals surface area contributed by atoms with Crippen molar-refractivity contribution in [1.82, 2.24) is 0 Å². The molecule has 0 aromatic rings. The Labute approximate surface area is 120 Å². The molecule has 0 aromatic heterocycles. The quantitative estimate of drug-likeness (QED) is 0.750. The molecule has 19 heavy (non-hydrogen) atoms. The molecule has 0 saturated carbocycles. The fourth-order valence-corrected chi connectivity index (χ4v) is 2.29. The summed E-state index contributed by atoms with van der Waals surface area (Å²) in [6.45, 7) is 11.3. The lowest BCUT2D eigenvalue weighted by molar-refractivity contribution is 0.463. The Morgan fingerprint density at radius 1 is 0.579 bits per heavy atom. The highest BCUT2D eigenvalue weighted by atomic mass is 32.3. The highest BCUT2D eigenvalue weighted by Crippen LogP contribution is 2.00. The number of hydrogen-bond donors (Lipinski definition) is 0. The van der Waals surface area contributed by atoms with Gasteiger partial charge in [0.15, 0.2) is 0 Å². The first-order valence-electron chi connectivity index (χ1n) is 6.82. The molecular weight excluding hydrogens is 288 g/mol. The maximum Gasteiger partial charge on any atom is 0.281 e. The van der Waals surface area contributed by atoms with E-state index in [2.05, 4.69) is 31.3 Å². The molecule has 0 heterocycles. The molecule has 0 bridgehead atoms. The molecule has 0 saturated heterocycles. The molecule has 0 atom stereocenters. The number of hydrogen-bond acceptors (Lipinski definition) is 5. The first kappa shape index (κ1) is 23.9. The fourth-order valence-electron chi connectivity index (χ4n) is 0.254. The predicted molar refractivity (Wildman–Crippen MR) is 81.2 cm³/mol. The lowest BCUT2D eigenvalue weighted by Crippen LogP contribution is -2.16. The van der Waals surface area contributed by atoms with Gasteiger partial charge < -0.3 is 0 Å². The van der Waals surface area contributed by atoms with Gasteiger partial charge in [-0.25, -0.2) is 0 Å². The van der Waals surface area contributed by atoms with Crippen molar-refractivity contribution in [3.05, 3.63) is 0 Å². The normalized spacial score (nSPS) is 10.8. The van der Waals surface area contributed by atoms with E-state index in [1.807, 2.05) is 0 Å². The monoisotopic (exact) mass is 318 g/mol. The van der Waals surface area contributed by atoms with Gasteiger partial charge in [0.05, 0.1) is 11.5 Å². The van der Waals surface area contributed by atoms with Gasteiger partial charge in [0, 0.05) is 0 Å². The molecule has 120 valence electrons. The number of rotatable bonds is 6. The second-order valence-electron chi connectivity index (χ2n) is 3.76. The van der Waals surface area contributed by atoms with Crippen LogP contribution in [0.5, 0.6) is 0 Å². The molecule has 0 amide bonds. The zero-order valence-electron chi connectivity index (χ0n) is 13.1. The van der Waals surface area contributed by atoms with Crippen LogP contribution in [0, 0.1) is 0 Å². The van der Waals surface area contributed by atoms with Gasteiger partial charge in [-0.05, 0) is 13.8 Å². The molecule has 0 N–H and O–H groups in total. The first-order chi connectivity index (χ1) is 8.66. The Morgan fingerprint density at radius 3 is 0.895 bits per heavy atom. The third-order valence-electron chi connectivity index (χ3n) is 1.91. The summed E-state index contributed by atoms with van der Waals surface area (Å²) >= 11 is 0. The van der Waals surface area contributed by atoms with Crippen LogP contribution in [0.1, 0.15) is 67.2 Å². The third kappa shape index (κ3) is 23.4. The van der Waals surface area contributed by atoms with Crippen LogP contribution in [0.2, 0.25) is 0 Å². The highest BCUT2D eigenvalue weighted by Gasteiger charge is 2.18. The Balaban J connectivity index is -0.000000264. The molecule has 0 rings (SSSR count).